The summed E-state index contributed by atoms with van der Waals surface area (Å²) >= 11 is 0. The molecule has 1 fully saturated rings. The van der Waals surface area contributed by atoms with Crippen molar-refractivity contribution in [2.24, 2.45) is 11.7 Å². The second kappa shape index (κ2) is 13.1. The number of nitrogens with one attached hydrogen (secondary N) is 1. The molecule has 0 spiro atoms. The molecule has 222 valence electrons. The number of hydrogen-bond donors (Lipinski definition) is 3. The second-order valence-corrected chi connectivity index (χ2v) is 10.2. The summed E-state index contributed by atoms with van der Waals surface area (Å²) in [5, 5.41) is 16.9. The highest BCUT2D eigenvalue weighted by Crippen LogP contribution is 2.40. The number of aromatic nitrogens is 4. The quantitative estimate of drug-likeness (QED) is 0.214. The van der Waals surface area contributed by atoms with Gasteiger partial charge in [0.05, 0.1) is 31.3 Å². The molecule has 0 unspecified atom stereocenters. The molecule has 1 amide bonds. The van der Waals surface area contributed by atoms with Crippen LogP contribution in [0.4, 0.5) is 26.1 Å². The Morgan fingerprint density at radius 1 is 1.12 bits per heavy atom. The number of aromatic amines is 1. The van der Waals surface area contributed by atoms with Crippen molar-refractivity contribution in [2.45, 2.75) is 25.7 Å². The van der Waals surface area contributed by atoms with Crippen LogP contribution < -0.4 is 20.1 Å². The fourth-order valence-electron chi connectivity index (χ4n) is 5.14. The van der Waals surface area contributed by atoms with Crippen molar-refractivity contribution in [1.82, 2.24) is 25.1 Å². The standard InChI is InChI=1S/C29H33F2N7O4/c1-41-25-14-23-24(15-26(25)42-8-2-5-37-6-3-18(16-39)4-7-37)33-17-34-29(23)38(22-10-19(30)9-20(31)11-22)28-13-21(35-36-28)12-27(32)40/h9-11,13-15,17-18,39H,2-8,12,16H2,1H3,(H2,32,40)(H,35,36). The zero-order chi connectivity index (χ0) is 29.6. The third-order valence-corrected chi connectivity index (χ3v) is 7.27. The highest BCUT2D eigenvalue weighted by Gasteiger charge is 2.23. The molecule has 5 rings (SSSR count). The van der Waals surface area contributed by atoms with Crippen LogP contribution in [0.15, 0.2) is 42.7 Å². The molecule has 42 heavy (non-hydrogen) atoms. The fourth-order valence-corrected chi connectivity index (χ4v) is 5.14. The van der Waals surface area contributed by atoms with Crippen LogP contribution in [0.25, 0.3) is 10.9 Å². The average molecular weight is 582 g/mol. The fraction of sp³-hybridized carbons (Fsp3) is 0.379. The Labute approximate surface area is 241 Å². The third kappa shape index (κ3) is 6.74. The Bertz CT molecular complexity index is 1520. The molecule has 11 nitrogen and oxygen atoms in total. The number of anilines is 3. The number of aliphatic hydroxyl groups is 1. The van der Waals surface area contributed by atoms with Gasteiger partial charge in [-0.05, 0) is 56.5 Å². The van der Waals surface area contributed by atoms with Gasteiger partial charge in [-0.25, -0.2) is 18.7 Å². The molecule has 1 saturated heterocycles. The predicted molar refractivity (Wildman–Crippen MR) is 152 cm³/mol. The summed E-state index contributed by atoms with van der Waals surface area (Å²) in [6.07, 6.45) is 4.05. The van der Waals surface area contributed by atoms with Gasteiger partial charge < -0.3 is 25.2 Å². The number of piperidine rings is 1. The Balaban J connectivity index is 1.43. The highest BCUT2D eigenvalue weighted by molar-refractivity contribution is 5.96. The first-order chi connectivity index (χ1) is 20.3. The summed E-state index contributed by atoms with van der Waals surface area (Å²) in [4.78, 5) is 24.1. The van der Waals surface area contributed by atoms with E-state index in [4.69, 9.17) is 15.2 Å². The van der Waals surface area contributed by atoms with Gasteiger partial charge in [0, 0.05) is 42.4 Å². The van der Waals surface area contributed by atoms with Crippen molar-refractivity contribution in [3.8, 4) is 11.5 Å². The van der Waals surface area contributed by atoms with Gasteiger partial charge in [-0.2, -0.15) is 5.10 Å². The number of carbonyl (C=O) groups excluding carboxylic acids is 1. The SMILES string of the molecule is COc1cc2c(N(c3cc(F)cc(F)c3)c3cc(CC(N)=O)[nH]n3)ncnc2cc1OCCCN1CCC(CO)CC1. The molecule has 4 aromatic rings. The number of primary amides is 1. The van der Waals surface area contributed by atoms with Crippen LogP contribution in [-0.4, -0.2) is 76.0 Å². The average Bonchev–Trinajstić information content (AvgIpc) is 3.42. The van der Waals surface area contributed by atoms with Crippen LogP contribution in [0.1, 0.15) is 25.0 Å². The van der Waals surface area contributed by atoms with Gasteiger partial charge in [0.25, 0.3) is 0 Å². The number of halogens is 2. The van der Waals surface area contributed by atoms with Gasteiger partial charge in [-0.3, -0.25) is 14.8 Å². The lowest BCUT2D eigenvalue weighted by molar-refractivity contribution is -0.117. The number of nitrogens with zero attached hydrogens (tertiary/aromatic N) is 5. The van der Waals surface area contributed by atoms with E-state index >= 15 is 0 Å². The number of hydrogen-bond acceptors (Lipinski definition) is 9. The summed E-state index contributed by atoms with van der Waals surface area (Å²) in [6, 6.07) is 8.08. The van der Waals surface area contributed by atoms with Crippen LogP contribution in [-0.2, 0) is 11.2 Å². The van der Waals surface area contributed by atoms with E-state index in [0.717, 1.165) is 57.1 Å². The molecular weight excluding hydrogens is 548 g/mol. The van der Waals surface area contributed by atoms with E-state index in [1.807, 2.05) is 0 Å². The monoisotopic (exact) mass is 581 g/mol. The zero-order valence-electron chi connectivity index (χ0n) is 23.2. The number of methoxy groups -OCH3 is 1. The first-order valence-corrected chi connectivity index (χ1v) is 13.7. The Morgan fingerprint density at radius 2 is 1.88 bits per heavy atom. The molecule has 4 N–H and O–H groups in total. The Kier molecular flexibility index (Phi) is 9.08. The van der Waals surface area contributed by atoms with Crippen LogP contribution >= 0.6 is 0 Å². The van der Waals surface area contributed by atoms with Crippen LogP contribution in [0.5, 0.6) is 11.5 Å². The van der Waals surface area contributed by atoms with E-state index in [2.05, 4.69) is 25.1 Å². The second-order valence-electron chi connectivity index (χ2n) is 10.2. The first-order valence-electron chi connectivity index (χ1n) is 13.7. The van der Waals surface area contributed by atoms with E-state index < -0.39 is 17.5 Å². The van der Waals surface area contributed by atoms with Crippen molar-refractivity contribution < 1.29 is 28.2 Å². The number of carbonyl (C=O) groups is 1. The molecule has 2 aromatic heterocycles. The molecule has 3 heterocycles. The molecule has 0 aliphatic carbocycles. The van der Waals surface area contributed by atoms with E-state index in [9.17, 15) is 18.7 Å². The number of nitrogens with two attached hydrogens (primary N) is 1. The molecule has 0 saturated carbocycles. The van der Waals surface area contributed by atoms with E-state index in [0.29, 0.717) is 40.6 Å². The normalized spacial score (nSPS) is 14.3. The maximum Gasteiger partial charge on any atom is 0.223 e. The van der Waals surface area contributed by atoms with Crippen molar-refractivity contribution in [1.29, 1.82) is 0 Å². The van der Waals surface area contributed by atoms with E-state index in [1.54, 1.807) is 18.2 Å². The van der Waals surface area contributed by atoms with Crippen LogP contribution in [0.3, 0.4) is 0 Å². The molecule has 1 aliphatic rings. The third-order valence-electron chi connectivity index (χ3n) is 7.27. The van der Waals surface area contributed by atoms with E-state index in [1.165, 1.54) is 18.3 Å². The number of rotatable bonds is 12. The number of H-pyrrole nitrogens is 1. The van der Waals surface area contributed by atoms with Crippen LogP contribution in [0.2, 0.25) is 0 Å². The smallest absolute Gasteiger partial charge is 0.223 e. The number of benzene rings is 2. The van der Waals surface area contributed by atoms with Gasteiger partial charge in [-0.15, -0.1) is 0 Å². The zero-order valence-corrected chi connectivity index (χ0v) is 23.2. The molecular formula is C29H33F2N7O4. The van der Waals surface area contributed by atoms with Crippen LogP contribution in [0, 0.1) is 17.6 Å². The lowest BCUT2D eigenvalue weighted by Crippen LogP contribution is -2.35. The van der Waals surface area contributed by atoms with Crippen molar-refractivity contribution in [2.75, 3.05) is 44.9 Å². The minimum Gasteiger partial charge on any atom is -0.493 e. The number of amides is 1. The molecule has 0 radical (unpaired) electrons. The summed E-state index contributed by atoms with van der Waals surface area (Å²) in [6.45, 7) is 3.54. The maximum atomic E-state index is 14.3. The highest BCUT2D eigenvalue weighted by atomic mass is 19.1. The number of fused-ring (bicyclic) bond motifs is 1. The van der Waals surface area contributed by atoms with Crippen molar-refractivity contribution in [3.63, 3.8) is 0 Å². The molecule has 2 aromatic carbocycles. The largest absolute Gasteiger partial charge is 0.493 e. The topological polar surface area (TPSA) is 143 Å². The Hall–Kier alpha value is -4.36. The van der Waals surface area contributed by atoms with Gasteiger partial charge in [0.1, 0.15) is 23.8 Å². The van der Waals surface area contributed by atoms with Gasteiger partial charge in [-0.1, -0.05) is 0 Å². The molecule has 0 atom stereocenters. The summed E-state index contributed by atoms with van der Waals surface area (Å²) < 4.78 is 40.4. The number of ether oxygens (including phenoxy) is 2. The minimum atomic E-state index is -0.785. The first kappa shape index (κ1) is 29.1. The molecule has 1 aliphatic heterocycles. The van der Waals surface area contributed by atoms with Gasteiger partial charge in [0.15, 0.2) is 17.3 Å². The van der Waals surface area contributed by atoms with E-state index in [-0.39, 0.29) is 30.4 Å². The molecule has 0 bridgehead atoms. The summed E-state index contributed by atoms with van der Waals surface area (Å²) in [7, 11) is 1.52. The summed E-state index contributed by atoms with van der Waals surface area (Å²) in [5.74, 6) is -0.294. The number of likely N-dealkylation sites (tertiary alicyclic amines) is 1. The predicted octanol–water partition coefficient (Wildman–Crippen LogP) is 3.61. The van der Waals surface area contributed by atoms with Gasteiger partial charge >= 0.3 is 0 Å². The minimum absolute atomic E-state index is 0.0989. The van der Waals surface area contributed by atoms with Gasteiger partial charge in [0.2, 0.25) is 5.91 Å². The number of aliphatic hydroxyl groups excluding tert-OH is 1. The summed E-state index contributed by atoms with van der Waals surface area (Å²) in [5.41, 5.74) is 6.38. The van der Waals surface area contributed by atoms with Crippen molar-refractivity contribution in [3.05, 3.63) is 60.1 Å². The molecule has 13 heteroatoms. The lowest BCUT2D eigenvalue weighted by Gasteiger charge is -2.30. The lowest BCUT2D eigenvalue weighted by atomic mass is 9.98. The van der Waals surface area contributed by atoms with Crippen molar-refractivity contribution >= 4 is 34.1 Å². The Morgan fingerprint density at radius 3 is 2.57 bits per heavy atom. The maximum absolute atomic E-state index is 14.3.